The van der Waals surface area contributed by atoms with Crippen LogP contribution in [0.15, 0.2) is 0 Å². The molecular formula is C9H15NO4S. The van der Waals surface area contributed by atoms with Gasteiger partial charge in [0, 0.05) is 0 Å². The van der Waals surface area contributed by atoms with E-state index in [1.165, 1.54) is 0 Å². The molecule has 0 aromatic heterocycles. The Kier molecular flexibility index (Phi) is 2.50. The summed E-state index contributed by atoms with van der Waals surface area (Å²) >= 11 is 0. The molecule has 1 saturated heterocycles. The van der Waals surface area contributed by atoms with Crippen LogP contribution in [0.4, 0.5) is 0 Å². The summed E-state index contributed by atoms with van der Waals surface area (Å²) in [6.07, 6.45) is 1.99. The van der Waals surface area contributed by atoms with Gasteiger partial charge in [-0.25, -0.2) is 8.42 Å². The molecular weight excluding hydrogens is 218 g/mol. The van der Waals surface area contributed by atoms with Crippen molar-refractivity contribution >= 4 is 15.7 Å². The number of nitrogens with one attached hydrogen (secondary N) is 1. The minimum atomic E-state index is -3.01. The standard InChI is InChI=1S/C9H15NO4S/c11-6-9(2-3-9)10-8(12)7-1-4-15(13,14)5-7/h7,11H,1-6H2,(H,10,12). The molecule has 15 heavy (non-hydrogen) atoms. The zero-order valence-corrected chi connectivity index (χ0v) is 9.22. The van der Waals surface area contributed by atoms with E-state index in [1.54, 1.807) is 0 Å². The minimum Gasteiger partial charge on any atom is -0.394 e. The summed E-state index contributed by atoms with van der Waals surface area (Å²) in [6.45, 7) is -0.0573. The predicted molar refractivity (Wildman–Crippen MR) is 54.0 cm³/mol. The van der Waals surface area contributed by atoms with E-state index in [0.29, 0.717) is 6.42 Å². The zero-order chi connectivity index (χ0) is 11.1. The van der Waals surface area contributed by atoms with Gasteiger partial charge in [0.25, 0.3) is 0 Å². The molecule has 1 amide bonds. The van der Waals surface area contributed by atoms with Crippen molar-refractivity contribution in [2.24, 2.45) is 5.92 Å². The van der Waals surface area contributed by atoms with Gasteiger partial charge in [-0.1, -0.05) is 0 Å². The summed E-state index contributed by atoms with van der Waals surface area (Å²) in [5.41, 5.74) is -0.441. The SMILES string of the molecule is O=C(NC1(CO)CC1)C1CCS(=O)(=O)C1. The van der Waals surface area contributed by atoms with E-state index >= 15 is 0 Å². The van der Waals surface area contributed by atoms with Crippen LogP contribution in [0.3, 0.4) is 0 Å². The van der Waals surface area contributed by atoms with Crippen molar-refractivity contribution in [3.8, 4) is 0 Å². The monoisotopic (exact) mass is 233 g/mol. The fraction of sp³-hybridized carbons (Fsp3) is 0.889. The zero-order valence-electron chi connectivity index (χ0n) is 8.40. The van der Waals surface area contributed by atoms with E-state index in [0.717, 1.165) is 12.8 Å². The molecule has 2 rings (SSSR count). The maximum atomic E-state index is 11.7. The number of amides is 1. The fourth-order valence-corrected chi connectivity index (χ4v) is 3.58. The molecule has 1 unspecified atom stereocenters. The molecule has 5 nitrogen and oxygen atoms in total. The van der Waals surface area contributed by atoms with Crippen LogP contribution in [0.5, 0.6) is 0 Å². The summed E-state index contributed by atoms with van der Waals surface area (Å²) in [7, 11) is -3.01. The molecule has 0 aromatic carbocycles. The minimum absolute atomic E-state index is 0.0413. The van der Waals surface area contributed by atoms with Crippen LogP contribution in [0.2, 0.25) is 0 Å². The largest absolute Gasteiger partial charge is 0.394 e. The van der Waals surface area contributed by atoms with Crippen molar-refractivity contribution in [1.82, 2.24) is 5.32 Å². The van der Waals surface area contributed by atoms with E-state index in [4.69, 9.17) is 5.11 Å². The van der Waals surface area contributed by atoms with E-state index in [1.807, 2.05) is 0 Å². The van der Waals surface area contributed by atoms with Gasteiger partial charge < -0.3 is 10.4 Å². The van der Waals surface area contributed by atoms with Gasteiger partial charge in [-0.15, -0.1) is 0 Å². The lowest BCUT2D eigenvalue weighted by molar-refractivity contribution is -0.125. The van der Waals surface area contributed by atoms with Gasteiger partial charge in [0.15, 0.2) is 9.84 Å². The first-order valence-corrected chi connectivity index (χ1v) is 6.92. The molecule has 1 atom stereocenters. The van der Waals surface area contributed by atoms with Crippen molar-refractivity contribution in [2.75, 3.05) is 18.1 Å². The lowest BCUT2D eigenvalue weighted by Crippen LogP contribution is -2.43. The van der Waals surface area contributed by atoms with Gasteiger partial charge in [-0.3, -0.25) is 4.79 Å². The number of rotatable bonds is 3. The lowest BCUT2D eigenvalue weighted by atomic mass is 10.1. The molecule has 6 heteroatoms. The average Bonchev–Trinajstić information content (AvgIpc) is 2.84. The predicted octanol–water partition coefficient (Wildman–Crippen LogP) is -0.938. The first kappa shape index (κ1) is 10.9. The van der Waals surface area contributed by atoms with Crippen LogP contribution >= 0.6 is 0 Å². The Hall–Kier alpha value is -0.620. The van der Waals surface area contributed by atoms with E-state index in [9.17, 15) is 13.2 Å². The van der Waals surface area contributed by atoms with Gasteiger partial charge in [0.05, 0.1) is 29.6 Å². The summed E-state index contributed by atoms with van der Waals surface area (Å²) in [5.74, 6) is -0.570. The Morgan fingerprint density at radius 1 is 1.47 bits per heavy atom. The maximum Gasteiger partial charge on any atom is 0.224 e. The van der Waals surface area contributed by atoms with Crippen molar-refractivity contribution in [1.29, 1.82) is 0 Å². The highest BCUT2D eigenvalue weighted by Crippen LogP contribution is 2.35. The van der Waals surface area contributed by atoms with Gasteiger partial charge in [0.1, 0.15) is 0 Å². The molecule has 0 bridgehead atoms. The Morgan fingerprint density at radius 3 is 2.53 bits per heavy atom. The topological polar surface area (TPSA) is 83.5 Å². The Labute approximate surface area is 88.8 Å². The van der Waals surface area contributed by atoms with Gasteiger partial charge in [0.2, 0.25) is 5.91 Å². The van der Waals surface area contributed by atoms with Gasteiger partial charge in [-0.2, -0.15) is 0 Å². The van der Waals surface area contributed by atoms with Gasteiger partial charge >= 0.3 is 0 Å². The molecule has 0 aromatic rings. The van der Waals surface area contributed by atoms with Crippen LogP contribution < -0.4 is 5.32 Å². The number of carbonyl (C=O) groups excluding carboxylic acids is 1. The third-order valence-corrected chi connectivity index (χ3v) is 4.92. The molecule has 2 aliphatic rings. The maximum absolute atomic E-state index is 11.7. The number of aliphatic hydroxyl groups excluding tert-OH is 1. The number of carbonyl (C=O) groups is 1. The lowest BCUT2D eigenvalue weighted by Gasteiger charge is -2.16. The number of sulfone groups is 1. The molecule has 0 radical (unpaired) electrons. The molecule has 2 N–H and O–H groups in total. The van der Waals surface area contributed by atoms with E-state index in [-0.39, 0.29) is 24.0 Å². The van der Waals surface area contributed by atoms with Gasteiger partial charge in [-0.05, 0) is 19.3 Å². The molecule has 0 spiro atoms. The van der Waals surface area contributed by atoms with E-state index < -0.39 is 21.3 Å². The summed E-state index contributed by atoms with van der Waals surface area (Å²) in [5, 5.41) is 11.8. The highest BCUT2D eigenvalue weighted by atomic mass is 32.2. The quantitative estimate of drug-likeness (QED) is 0.659. The third kappa shape index (κ3) is 2.31. The smallest absolute Gasteiger partial charge is 0.224 e. The molecule has 86 valence electrons. The summed E-state index contributed by atoms with van der Waals surface area (Å²) in [4.78, 5) is 11.7. The highest BCUT2D eigenvalue weighted by molar-refractivity contribution is 7.91. The Morgan fingerprint density at radius 2 is 2.13 bits per heavy atom. The first-order valence-electron chi connectivity index (χ1n) is 5.10. The third-order valence-electron chi connectivity index (χ3n) is 3.15. The summed E-state index contributed by atoms with van der Waals surface area (Å²) in [6, 6.07) is 0. The normalized spacial score (nSPS) is 31.1. The molecule has 1 aliphatic heterocycles. The Bertz CT molecular complexity index is 372. The van der Waals surface area contributed by atoms with Crippen LogP contribution in [-0.4, -0.2) is 43.1 Å². The van der Waals surface area contributed by atoms with Crippen molar-refractivity contribution < 1.29 is 18.3 Å². The molecule has 2 fully saturated rings. The van der Waals surface area contributed by atoms with Crippen molar-refractivity contribution in [3.05, 3.63) is 0 Å². The fourth-order valence-electron chi connectivity index (χ4n) is 1.84. The number of hydrogen-bond donors (Lipinski definition) is 2. The van der Waals surface area contributed by atoms with Crippen molar-refractivity contribution in [3.63, 3.8) is 0 Å². The van der Waals surface area contributed by atoms with Crippen LogP contribution in [0, 0.1) is 5.92 Å². The summed E-state index contributed by atoms with van der Waals surface area (Å²) < 4.78 is 22.3. The second-order valence-corrected chi connectivity index (χ2v) is 6.76. The second-order valence-electron chi connectivity index (χ2n) is 4.53. The molecule has 1 aliphatic carbocycles. The van der Waals surface area contributed by atoms with Crippen LogP contribution in [-0.2, 0) is 14.6 Å². The van der Waals surface area contributed by atoms with Crippen LogP contribution in [0.1, 0.15) is 19.3 Å². The molecule has 1 heterocycles. The van der Waals surface area contributed by atoms with Crippen molar-refractivity contribution in [2.45, 2.75) is 24.8 Å². The number of hydrogen-bond acceptors (Lipinski definition) is 4. The average molecular weight is 233 g/mol. The van der Waals surface area contributed by atoms with E-state index in [2.05, 4.69) is 5.32 Å². The second kappa shape index (κ2) is 3.45. The highest BCUT2D eigenvalue weighted by Gasteiger charge is 2.45. The first-order chi connectivity index (χ1) is 6.96. The van der Waals surface area contributed by atoms with Crippen LogP contribution in [0.25, 0.3) is 0 Å². The molecule has 1 saturated carbocycles. The Balaban J connectivity index is 1.93. The number of aliphatic hydroxyl groups is 1.